The lowest BCUT2D eigenvalue weighted by molar-refractivity contribution is -0.124. The number of ketones is 1. The average molecular weight is 381 g/mol. The van der Waals surface area contributed by atoms with Crippen LogP contribution in [-0.4, -0.2) is 68.6 Å². The summed E-state index contributed by atoms with van der Waals surface area (Å²) in [6.45, 7) is 3.90. The number of fused-ring (bicyclic) bond motifs is 1. The summed E-state index contributed by atoms with van der Waals surface area (Å²) in [4.78, 5) is 38.1. The predicted molar refractivity (Wildman–Crippen MR) is 105 cm³/mol. The molecule has 2 amide bonds. The minimum absolute atomic E-state index is 0.217. The van der Waals surface area contributed by atoms with Gasteiger partial charge in [-0.2, -0.15) is 0 Å². The van der Waals surface area contributed by atoms with Crippen molar-refractivity contribution in [3.8, 4) is 0 Å². The molecule has 3 N–H and O–H groups in total. The Kier molecular flexibility index (Phi) is 8.46. The van der Waals surface area contributed by atoms with Gasteiger partial charge in [0.2, 0.25) is 19.5 Å². The largest absolute Gasteiger partial charge is 0.382 e. The van der Waals surface area contributed by atoms with Gasteiger partial charge in [-0.3, -0.25) is 14.4 Å². The van der Waals surface area contributed by atoms with Gasteiger partial charge in [-0.1, -0.05) is 13.8 Å². The van der Waals surface area contributed by atoms with Gasteiger partial charge in [0.05, 0.1) is 10.9 Å². The van der Waals surface area contributed by atoms with Crippen LogP contribution in [0.5, 0.6) is 0 Å². The van der Waals surface area contributed by atoms with E-state index in [-0.39, 0.29) is 23.4 Å². The molecule has 2 rings (SSSR count). The van der Waals surface area contributed by atoms with E-state index in [1.54, 1.807) is 11.4 Å². The van der Waals surface area contributed by atoms with Crippen LogP contribution in [0.2, 0.25) is 0 Å². The molecule has 0 aromatic carbocycles. The molecule has 3 unspecified atom stereocenters. The lowest BCUT2D eigenvalue weighted by atomic mass is 10.00. The van der Waals surface area contributed by atoms with Crippen LogP contribution in [0.15, 0.2) is 11.4 Å². The molecular weight excluding hydrogens is 353 g/mol. The van der Waals surface area contributed by atoms with E-state index in [1.807, 2.05) is 39.9 Å². The van der Waals surface area contributed by atoms with Crippen molar-refractivity contribution in [3.05, 3.63) is 21.9 Å². The number of amides is 2. The molecule has 1 aromatic rings. The summed E-state index contributed by atoms with van der Waals surface area (Å²) in [5.41, 5.74) is 0.641. The monoisotopic (exact) mass is 381 g/mol. The molecule has 7 nitrogen and oxygen atoms in total. The Bertz CT molecular complexity index is 645. The van der Waals surface area contributed by atoms with Gasteiger partial charge in [-0.05, 0) is 50.5 Å². The summed E-state index contributed by atoms with van der Waals surface area (Å²) in [7, 11) is 7.35. The predicted octanol–water partition coefficient (Wildman–Crippen LogP) is 0.398. The number of aliphatic hydroxyl groups is 1. The fourth-order valence-corrected chi connectivity index (χ4v) is 3.50. The summed E-state index contributed by atoms with van der Waals surface area (Å²) >= 11 is 1.25. The van der Waals surface area contributed by atoms with Crippen LogP contribution >= 0.6 is 11.3 Å². The maximum absolute atomic E-state index is 12.4. The fourth-order valence-electron chi connectivity index (χ4n) is 2.58. The van der Waals surface area contributed by atoms with Crippen LogP contribution in [0.4, 0.5) is 4.79 Å². The van der Waals surface area contributed by atoms with Crippen LogP contribution in [0.1, 0.15) is 41.5 Å². The van der Waals surface area contributed by atoms with E-state index in [0.29, 0.717) is 16.9 Å². The minimum atomic E-state index is -1.26. The van der Waals surface area contributed by atoms with Crippen LogP contribution in [0.25, 0.3) is 0 Å². The molecule has 0 fully saturated rings. The highest BCUT2D eigenvalue weighted by Crippen LogP contribution is 2.35. The summed E-state index contributed by atoms with van der Waals surface area (Å²) in [5, 5.41) is 17.1. The molecule has 1 aliphatic carbocycles. The highest BCUT2D eigenvalue weighted by Gasteiger charge is 2.41. The Morgan fingerprint density at radius 3 is 2.42 bits per heavy atom. The second-order valence-corrected chi connectivity index (χ2v) is 8.14. The van der Waals surface area contributed by atoms with Crippen molar-refractivity contribution in [1.29, 1.82) is 0 Å². The number of hydrogen-bond donors (Lipinski definition) is 3. The quantitative estimate of drug-likeness (QED) is 0.642. The van der Waals surface area contributed by atoms with E-state index < -0.39 is 18.2 Å². The maximum Gasteiger partial charge on any atom is 0.243 e. The van der Waals surface area contributed by atoms with Gasteiger partial charge in [0.15, 0.2) is 5.81 Å². The van der Waals surface area contributed by atoms with Crippen LogP contribution in [-0.2, 0) is 4.79 Å². The third-order valence-corrected chi connectivity index (χ3v) is 4.48. The molecule has 9 heteroatoms. The summed E-state index contributed by atoms with van der Waals surface area (Å²) in [6.07, 6.45) is -0.776. The first kappa shape index (κ1) is 22.3. The molecule has 1 aliphatic rings. The van der Waals surface area contributed by atoms with E-state index in [2.05, 4.69) is 10.6 Å². The SMILES string of the molecule is BC(=O)NC(CC(C)C)C(=O)NC1c2ccsc2C(=O)C1O.CN(C)C. The Morgan fingerprint density at radius 1 is 1.35 bits per heavy atom. The highest BCUT2D eigenvalue weighted by atomic mass is 32.1. The van der Waals surface area contributed by atoms with Crippen LogP contribution < -0.4 is 10.6 Å². The second-order valence-electron chi connectivity index (χ2n) is 7.22. The number of nitrogens with zero attached hydrogens (tertiary/aromatic N) is 1. The maximum atomic E-state index is 12.4. The van der Waals surface area contributed by atoms with E-state index >= 15 is 0 Å². The smallest absolute Gasteiger partial charge is 0.243 e. The van der Waals surface area contributed by atoms with Gasteiger partial charge >= 0.3 is 0 Å². The second kappa shape index (κ2) is 9.84. The fraction of sp³-hybridized carbons (Fsp3) is 0.588. The first-order chi connectivity index (χ1) is 12.0. The first-order valence-electron chi connectivity index (χ1n) is 8.52. The van der Waals surface area contributed by atoms with E-state index in [1.165, 1.54) is 19.2 Å². The van der Waals surface area contributed by atoms with E-state index in [0.717, 1.165) is 0 Å². The third kappa shape index (κ3) is 6.23. The first-order valence-corrected chi connectivity index (χ1v) is 9.40. The minimum Gasteiger partial charge on any atom is -0.382 e. The van der Waals surface area contributed by atoms with Gasteiger partial charge in [0.25, 0.3) is 0 Å². The molecule has 0 aliphatic heterocycles. The Hall–Kier alpha value is -1.71. The topological polar surface area (TPSA) is 98.7 Å². The number of hydrogen-bond acceptors (Lipinski definition) is 6. The number of carbonyl (C=O) groups excluding carboxylic acids is 3. The lowest BCUT2D eigenvalue weighted by Gasteiger charge is -2.23. The summed E-state index contributed by atoms with van der Waals surface area (Å²) in [6, 6.07) is 0.307. The number of nitrogens with one attached hydrogen (secondary N) is 2. The Morgan fingerprint density at radius 2 is 1.92 bits per heavy atom. The van der Waals surface area contributed by atoms with Crippen molar-refractivity contribution in [3.63, 3.8) is 0 Å². The molecule has 0 saturated carbocycles. The molecule has 3 atom stereocenters. The van der Waals surface area contributed by atoms with Crippen molar-refractivity contribution in [2.75, 3.05) is 21.1 Å². The highest BCUT2D eigenvalue weighted by molar-refractivity contribution is 7.12. The molecule has 26 heavy (non-hydrogen) atoms. The van der Waals surface area contributed by atoms with Crippen molar-refractivity contribution in [2.24, 2.45) is 5.92 Å². The van der Waals surface area contributed by atoms with E-state index in [9.17, 15) is 19.5 Å². The van der Waals surface area contributed by atoms with Gasteiger partial charge in [0, 0.05) is 0 Å². The average Bonchev–Trinajstić information content (AvgIpc) is 3.04. The zero-order chi connectivity index (χ0) is 20.0. The summed E-state index contributed by atoms with van der Waals surface area (Å²) < 4.78 is 0. The van der Waals surface area contributed by atoms with Crippen molar-refractivity contribution < 1.29 is 19.5 Å². The Balaban J connectivity index is 0.000000765. The standard InChI is InChI=1S/C14H19BN2O4S.C3H9N/c1-6(2)5-8(16-14(15)21)13(20)17-9-7-3-4-22-12(7)11(19)10(9)18;1-4(2)3/h3-4,6,8-10,18H,5,15H2,1-2H3,(H,16,21)(H,17,20);1-3H3. The zero-order valence-electron chi connectivity index (χ0n) is 16.2. The summed E-state index contributed by atoms with van der Waals surface area (Å²) in [5.74, 6) is -0.829. The number of thiophene rings is 1. The van der Waals surface area contributed by atoms with Gasteiger partial charge in [0.1, 0.15) is 12.1 Å². The van der Waals surface area contributed by atoms with Gasteiger partial charge < -0.3 is 20.6 Å². The molecule has 1 heterocycles. The van der Waals surface area contributed by atoms with Crippen molar-refractivity contribution >= 4 is 36.7 Å². The molecule has 1 aromatic heterocycles. The molecule has 144 valence electrons. The van der Waals surface area contributed by atoms with E-state index in [4.69, 9.17) is 0 Å². The van der Waals surface area contributed by atoms with Gasteiger partial charge in [-0.15, -0.1) is 11.3 Å². The molecule has 0 radical (unpaired) electrons. The molecule has 0 saturated heterocycles. The number of aliphatic hydroxyl groups excluding tert-OH is 1. The molecule has 0 spiro atoms. The Labute approximate surface area is 159 Å². The molecular formula is C17H28BN3O4S. The number of carbonyl (C=O) groups is 3. The third-order valence-electron chi connectivity index (χ3n) is 3.54. The lowest BCUT2D eigenvalue weighted by Crippen LogP contribution is -2.49. The number of rotatable bonds is 5. The van der Waals surface area contributed by atoms with Crippen LogP contribution in [0.3, 0.4) is 0 Å². The normalized spacial score (nSPS) is 19.6. The van der Waals surface area contributed by atoms with Crippen LogP contribution in [0, 0.1) is 5.92 Å². The molecule has 0 bridgehead atoms. The zero-order valence-corrected chi connectivity index (χ0v) is 17.0. The van der Waals surface area contributed by atoms with Crippen molar-refractivity contribution in [2.45, 2.75) is 38.5 Å². The number of Topliss-reactive ketones (excluding diaryl/α,β-unsaturated/α-hetero) is 1. The van der Waals surface area contributed by atoms with Crippen molar-refractivity contribution in [1.82, 2.24) is 15.5 Å². The van der Waals surface area contributed by atoms with Gasteiger partial charge in [-0.25, -0.2) is 0 Å².